The van der Waals surface area contributed by atoms with E-state index in [1.807, 2.05) is 30.3 Å². The van der Waals surface area contributed by atoms with Gasteiger partial charge >= 0.3 is 0 Å². The number of nitriles is 1. The number of para-hydroxylation sites is 1. The number of carbonyl (C=O) groups excluding carboxylic acids is 1. The number of fused-ring (bicyclic) bond motifs is 1. The third-order valence-electron chi connectivity index (χ3n) is 5.40. The van der Waals surface area contributed by atoms with Crippen molar-refractivity contribution in [1.82, 2.24) is 9.21 Å². The van der Waals surface area contributed by atoms with Gasteiger partial charge in [-0.05, 0) is 30.2 Å². The summed E-state index contributed by atoms with van der Waals surface area (Å²) in [6.45, 7) is 1.40. The van der Waals surface area contributed by atoms with Crippen molar-refractivity contribution in [2.75, 3.05) is 32.8 Å². The van der Waals surface area contributed by atoms with E-state index in [4.69, 9.17) is 4.74 Å². The Kier molecular flexibility index (Phi) is 5.26. The predicted molar refractivity (Wildman–Crippen MR) is 106 cm³/mol. The molecule has 150 valence electrons. The smallest absolute Gasteiger partial charge is 0.244 e. The number of nitrogens with zero attached hydrogens (tertiary/aromatic N) is 3. The summed E-state index contributed by atoms with van der Waals surface area (Å²) >= 11 is 0. The van der Waals surface area contributed by atoms with Gasteiger partial charge in [0, 0.05) is 26.2 Å². The normalized spacial score (nSPS) is 19.7. The lowest BCUT2D eigenvalue weighted by Gasteiger charge is -2.36. The van der Waals surface area contributed by atoms with Crippen LogP contribution in [0.3, 0.4) is 0 Å². The maximum atomic E-state index is 12.9. The molecule has 2 aliphatic heterocycles. The average Bonchev–Trinajstić information content (AvgIpc) is 2.78. The van der Waals surface area contributed by atoms with Crippen molar-refractivity contribution in [3.05, 3.63) is 59.7 Å². The number of hydrogen-bond donors (Lipinski definition) is 0. The second kappa shape index (κ2) is 7.85. The van der Waals surface area contributed by atoms with Gasteiger partial charge in [-0.3, -0.25) is 4.79 Å². The van der Waals surface area contributed by atoms with Crippen LogP contribution in [0.2, 0.25) is 0 Å². The molecule has 2 heterocycles. The van der Waals surface area contributed by atoms with Crippen LogP contribution in [0.15, 0.2) is 53.4 Å². The molecular formula is C21H21N3O4S. The van der Waals surface area contributed by atoms with Crippen molar-refractivity contribution in [2.45, 2.75) is 11.3 Å². The third kappa shape index (κ3) is 3.71. The number of rotatable bonds is 3. The number of sulfonamides is 1. The van der Waals surface area contributed by atoms with E-state index < -0.39 is 10.0 Å². The standard InChI is InChI=1S/C21H21N3O4S/c22-14-17-6-2-4-8-20(17)29(26,27)24-11-9-23(10-12-24)21(25)18-13-16-5-1-3-7-19(16)28-15-18/h1-8,18H,9-13,15H2/t18-/m1/s1. The van der Waals surface area contributed by atoms with Crippen LogP contribution in [0, 0.1) is 17.2 Å². The van der Waals surface area contributed by atoms with E-state index in [0.717, 1.165) is 11.3 Å². The van der Waals surface area contributed by atoms with Crippen molar-refractivity contribution in [3.63, 3.8) is 0 Å². The summed E-state index contributed by atoms with van der Waals surface area (Å²) in [6.07, 6.45) is 0.628. The second-order valence-corrected chi connectivity index (χ2v) is 9.06. The van der Waals surface area contributed by atoms with Gasteiger partial charge < -0.3 is 9.64 Å². The van der Waals surface area contributed by atoms with Crippen molar-refractivity contribution in [2.24, 2.45) is 5.92 Å². The first kappa shape index (κ1) is 19.4. The Morgan fingerprint density at radius 1 is 1.03 bits per heavy atom. The number of benzene rings is 2. The molecule has 2 aliphatic rings. The highest BCUT2D eigenvalue weighted by Crippen LogP contribution is 2.28. The summed E-state index contributed by atoms with van der Waals surface area (Å²) in [5.74, 6) is 0.560. The van der Waals surface area contributed by atoms with Crippen LogP contribution < -0.4 is 4.74 Å². The first-order valence-electron chi connectivity index (χ1n) is 9.49. The lowest BCUT2D eigenvalue weighted by molar-refractivity contribution is -0.138. The topological polar surface area (TPSA) is 90.7 Å². The largest absolute Gasteiger partial charge is 0.492 e. The lowest BCUT2D eigenvalue weighted by atomic mass is 9.95. The number of piperazine rings is 1. The van der Waals surface area contributed by atoms with E-state index >= 15 is 0 Å². The highest BCUT2D eigenvalue weighted by atomic mass is 32.2. The summed E-state index contributed by atoms with van der Waals surface area (Å²) < 4.78 is 32.9. The molecule has 0 bridgehead atoms. The van der Waals surface area contributed by atoms with Gasteiger partial charge in [0.15, 0.2) is 0 Å². The molecule has 0 radical (unpaired) electrons. The van der Waals surface area contributed by atoms with E-state index in [2.05, 4.69) is 0 Å². The molecule has 0 unspecified atom stereocenters. The highest BCUT2D eigenvalue weighted by molar-refractivity contribution is 7.89. The van der Waals surface area contributed by atoms with Gasteiger partial charge in [-0.2, -0.15) is 9.57 Å². The molecule has 0 saturated carbocycles. The molecular weight excluding hydrogens is 390 g/mol. The first-order chi connectivity index (χ1) is 14.0. The van der Waals surface area contributed by atoms with E-state index in [0.29, 0.717) is 26.1 Å². The van der Waals surface area contributed by atoms with Gasteiger partial charge in [-0.15, -0.1) is 0 Å². The molecule has 2 aromatic rings. The Balaban J connectivity index is 1.42. The number of carbonyl (C=O) groups is 1. The van der Waals surface area contributed by atoms with Crippen molar-refractivity contribution in [3.8, 4) is 11.8 Å². The molecule has 0 N–H and O–H groups in total. The Morgan fingerprint density at radius 2 is 1.72 bits per heavy atom. The van der Waals surface area contributed by atoms with Gasteiger partial charge in [-0.25, -0.2) is 8.42 Å². The Morgan fingerprint density at radius 3 is 2.48 bits per heavy atom. The second-order valence-electron chi connectivity index (χ2n) is 7.16. The van der Waals surface area contributed by atoms with E-state index in [1.54, 1.807) is 17.0 Å². The first-order valence-corrected chi connectivity index (χ1v) is 10.9. The number of ether oxygens (including phenoxy) is 1. The number of amides is 1. The van der Waals surface area contributed by atoms with Gasteiger partial charge in [0.25, 0.3) is 0 Å². The fourth-order valence-electron chi connectivity index (χ4n) is 3.82. The zero-order chi connectivity index (χ0) is 20.4. The molecule has 7 nitrogen and oxygen atoms in total. The number of hydrogen-bond acceptors (Lipinski definition) is 5. The predicted octanol–water partition coefficient (Wildman–Crippen LogP) is 1.64. The van der Waals surface area contributed by atoms with E-state index in [1.165, 1.54) is 16.4 Å². The quantitative estimate of drug-likeness (QED) is 0.766. The van der Waals surface area contributed by atoms with Crippen LogP contribution in [0.25, 0.3) is 0 Å². The van der Waals surface area contributed by atoms with Gasteiger partial charge in [0.1, 0.15) is 18.4 Å². The minimum atomic E-state index is -3.77. The molecule has 4 rings (SSSR count). The molecule has 2 aromatic carbocycles. The van der Waals surface area contributed by atoms with Crippen LogP contribution >= 0.6 is 0 Å². The average molecular weight is 411 g/mol. The Hall–Kier alpha value is -2.89. The zero-order valence-corrected chi connectivity index (χ0v) is 16.6. The lowest BCUT2D eigenvalue weighted by Crippen LogP contribution is -2.53. The molecule has 0 aromatic heterocycles. The Labute approximate surface area is 170 Å². The maximum Gasteiger partial charge on any atom is 0.244 e. The molecule has 0 aliphatic carbocycles. The molecule has 1 atom stereocenters. The van der Waals surface area contributed by atoms with E-state index in [9.17, 15) is 18.5 Å². The summed E-state index contributed by atoms with van der Waals surface area (Å²) in [5.41, 5.74) is 1.15. The SMILES string of the molecule is N#Cc1ccccc1S(=O)(=O)N1CCN(C(=O)[C@H]2COc3ccccc3C2)CC1. The molecule has 1 fully saturated rings. The van der Waals surface area contributed by atoms with Crippen LogP contribution in [-0.4, -0.2) is 56.3 Å². The fourth-order valence-corrected chi connectivity index (χ4v) is 5.38. The minimum Gasteiger partial charge on any atom is -0.492 e. The maximum absolute atomic E-state index is 12.9. The van der Waals surface area contributed by atoms with Crippen LogP contribution in [-0.2, 0) is 21.2 Å². The third-order valence-corrected chi connectivity index (χ3v) is 7.36. The van der Waals surface area contributed by atoms with Crippen molar-refractivity contribution >= 4 is 15.9 Å². The van der Waals surface area contributed by atoms with Crippen LogP contribution in [0.4, 0.5) is 0 Å². The van der Waals surface area contributed by atoms with Crippen LogP contribution in [0.1, 0.15) is 11.1 Å². The molecule has 8 heteroatoms. The van der Waals surface area contributed by atoms with Crippen molar-refractivity contribution < 1.29 is 17.9 Å². The fraction of sp³-hybridized carbons (Fsp3) is 0.333. The van der Waals surface area contributed by atoms with Gasteiger partial charge in [0.2, 0.25) is 15.9 Å². The molecule has 1 saturated heterocycles. The summed E-state index contributed by atoms with van der Waals surface area (Å²) in [4.78, 5) is 14.7. The zero-order valence-electron chi connectivity index (χ0n) is 15.8. The summed E-state index contributed by atoms with van der Waals surface area (Å²) in [5, 5.41) is 9.21. The summed E-state index contributed by atoms with van der Waals surface area (Å²) in [6, 6.07) is 15.8. The van der Waals surface area contributed by atoms with Crippen LogP contribution in [0.5, 0.6) is 5.75 Å². The summed E-state index contributed by atoms with van der Waals surface area (Å²) in [7, 11) is -3.77. The molecule has 0 spiro atoms. The Bertz CT molecular complexity index is 1070. The monoisotopic (exact) mass is 411 g/mol. The van der Waals surface area contributed by atoms with E-state index in [-0.39, 0.29) is 35.4 Å². The van der Waals surface area contributed by atoms with Gasteiger partial charge in [-0.1, -0.05) is 30.3 Å². The minimum absolute atomic E-state index is 0.00558. The molecule has 1 amide bonds. The molecule has 29 heavy (non-hydrogen) atoms. The van der Waals surface area contributed by atoms with Crippen molar-refractivity contribution in [1.29, 1.82) is 5.26 Å². The highest BCUT2D eigenvalue weighted by Gasteiger charge is 2.35. The van der Waals surface area contributed by atoms with Gasteiger partial charge in [0.05, 0.1) is 16.4 Å².